The third-order valence-corrected chi connectivity index (χ3v) is 3.32. The fourth-order valence-electron chi connectivity index (χ4n) is 2.02. The van der Waals surface area contributed by atoms with Crippen LogP contribution < -0.4 is 5.32 Å². The number of hydrogen-bond acceptors (Lipinski definition) is 4. The number of halogens is 1. The van der Waals surface area contributed by atoms with Gasteiger partial charge >= 0.3 is 0 Å². The fourth-order valence-corrected chi connectivity index (χ4v) is 2.15. The Morgan fingerprint density at radius 1 is 1.30 bits per heavy atom. The molecule has 1 N–H and O–H groups in total. The van der Waals surface area contributed by atoms with E-state index in [1.807, 2.05) is 6.92 Å². The smallest absolute Gasteiger partial charge is 0.244 e. The van der Waals surface area contributed by atoms with Gasteiger partial charge in [0.2, 0.25) is 11.8 Å². The van der Waals surface area contributed by atoms with Crippen LogP contribution in [0, 0.1) is 0 Å². The summed E-state index contributed by atoms with van der Waals surface area (Å²) < 4.78 is 1.43. The first-order valence-electron chi connectivity index (χ1n) is 7.24. The van der Waals surface area contributed by atoms with Gasteiger partial charge in [-0.05, 0) is 30.7 Å². The van der Waals surface area contributed by atoms with Crippen molar-refractivity contribution in [2.75, 3.05) is 18.4 Å². The molecule has 0 aliphatic heterocycles. The van der Waals surface area contributed by atoms with E-state index in [0.717, 1.165) is 6.42 Å². The Balaban J connectivity index is 1.93. The Kier molecular flexibility index (Phi) is 6.10. The van der Waals surface area contributed by atoms with Crippen LogP contribution in [-0.4, -0.2) is 44.6 Å². The first-order chi connectivity index (χ1) is 11.1. The molecule has 1 aromatic heterocycles. The Morgan fingerprint density at radius 3 is 2.65 bits per heavy atom. The van der Waals surface area contributed by atoms with Gasteiger partial charge in [-0.2, -0.15) is 5.10 Å². The van der Waals surface area contributed by atoms with Crippen molar-refractivity contribution in [2.24, 2.45) is 0 Å². The topological polar surface area (TPSA) is 80.1 Å². The molecule has 122 valence electrons. The van der Waals surface area contributed by atoms with Crippen molar-refractivity contribution in [3.8, 4) is 0 Å². The third-order valence-electron chi connectivity index (χ3n) is 3.07. The SMILES string of the molecule is CCCN(CC(=O)Nc1ccc(Cl)cc1)C(=O)Cn1cncn1. The first kappa shape index (κ1) is 17.0. The second-order valence-corrected chi connectivity index (χ2v) is 5.40. The van der Waals surface area contributed by atoms with Gasteiger partial charge in [0.25, 0.3) is 0 Å². The standard InChI is InChI=1S/C15H18ClN5O2/c1-2-7-20(15(23)9-21-11-17-10-18-21)8-14(22)19-13-5-3-12(16)4-6-13/h3-6,10-11H,2,7-9H2,1H3,(H,19,22). The maximum Gasteiger partial charge on any atom is 0.244 e. The van der Waals surface area contributed by atoms with Crippen LogP contribution in [0.1, 0.15) is 13.3 Å². The largest absolute Gasteiger partial charge is 0.332 e. The maximum absolute atomic E-state index is 12.3. The van der Waals surface area contributed by atoms with Crippen molar-refractivity contribution < 1.29 is 9.59 Å². The molecule has 8 heteroatoms. The predicted octanol–water partition coefficient (Wildman–Crippen LogP) is 1.81. The Morgan fingerprint density at radius 2 is 2.04 bits per heavy atom. The van der Waals surface area contributed by atoms with E-state index in [1.54, 1.807) is 24.3 Å². The predicted molar refractivity (Wildman–Crippen MR) is 87.0 cm³/mol. The van der Waals surface area contributed by atoms with Gasteiger partial charge in [0.15, 0.2) is 0 Å². The monoisotopic (exact) mass is 335 g/mol. The summed E-state index contributed by atoms with van der Waals surface area (Å²) >= 11 is 5.80. The van der Waals surface area contributed by atoms with E-state index in [2.05, 4.69) is 15.4 Å². The molecule has 2 rings (SSSR count). The molecule has 2 aromatic rings. The summed E-state index contributed by atoms with van der Waals surface area (Å²) in [6.07, 6.45) is 3.60. The minimum absolute atomic E-state index is 0.00992. The summed E-state index contributed by atoms with van der Waals surface area (Å²) in [5, 5.41) is 7.24. The molecular formula is C15H18ClN5O2. The molecule has 0 bridgehead atoms. The highest BCUT2D eigenvalue weighted by molar-refractivity contribution is 6.30. The van der Waals surface area contributed by atoms with E-state index in [1.165, 1.54) is 22.2 Å². The Hall–Kier alpha value is -2.41. The lowest BCUT2D eigenvalue weighted by Gasteiger charge is -2.21. The van der Waals surface area contributed by atoms with Gasteiger partial charge in [-0.3, -0.25) is 9.59 Å². The summed E-state index contributed by atoms with van der Waals surface area (Å²) in [5.74, 6) is -0.434. The van der Waals surface area contributed by atoms with Gasteiger partial charge in [0, 0.05) is 17.3 Å². The van der Waals surface area contributed by atoms with Gasteiger partial charge in [-0.25, -0.2) is 9.67 Å². The van der Waals surface area contributed by atoms with Crippen LogP contribution in [0.3, 0.4) is 0 Å². The highest BCUT2D eigenvalue weighted by Crippen LogP contribution is 2.13. The van der Waals surface area contributed by atoms with E-state index in [-0.39, 0.29) is 24.9 Å². The molecule has 1 aromatic carbocycles. The minimum atomic E-state index is -0.257. The zero-order chi connectivity index (χ0) is 16.7. The van der Waals surface area contributed by atoms with Crippen molar-refractivity contribution in [3.63, 3.8) is 0 Å². The molecule has 2 amide bonds. The second kappa shape index (κ2) is 8.28. The summed E-state index contributed by atoms with van der Waals surface area (Å²) in [5.41, 5.74) is 0.638. The molecule has 0 saturated heterocycles. The van der Waals surface area contributed by atoms with Crippen LogP contribution in [0.15, 0.2) is 36.9 Å². The lowest BCUT2D eigenvalue weighted by atomic mass is 10.3. The van der Waals surface area contributed by atoms with Gasteiger partial charge in [0.05, 0.1) is 6.54 Å². The molecule has 1 heterocycles. The number of rotatable bonds is 7. The number of nitrogens with one attached hydrogen (secondary N) is 1. The van der Waals surface area contributed by atoms with Crippen molar-refractivity contribution in [1.29, 1.82) is 0 Å². The summed E-state index contributed by atoms with van der Waals surface area (Å²) in [4.78, 5) is 29.7. The lowest BCUT2D eigenvalue weighted by Crippen LogP contribution is -2.40. The number of benzene rings is 1. The van der Waals surface area contributed by atoms with E-state index in [4.69, 9.17) is 11.6 Å². The van der Waals surface area contributed by atoms with E-state index < -0.39 is 0 Å². The van der Waals surface area contributed by atoms with Crippen molar-refractivity contribution in [2.45, 2.75) is 19.9 Å². The van der Waals surface area contributed by atoms with Gasteiger partial charge < -0.3 is 10.2 Å². The number of aromatic nitrogens is 3. The second-order valence-electron chi connectivity index (χ2n) is 4.96. The maximum atomic E-state index is 12.3. The molecule has 0 saturated carbocycles. The zero-order valence-electron chi connectivity index (χ0n) is 12.8. The highest BCUT2D eigenvalue weighted by atomic mass is 35.5. The summed E-state index contributed by atoms with van der Waals surface area (Å²) in [6, 6.07) is 6.80. The summed E-state index contributed by atoms with van der Waals surface area (Å²) in [7, 11) is 0. The third kappa shape index (κ3) is 5.37. The summed E-state index contributed by atoms with van der Waals surface area (Å²) in [6.45, 7) is 2.51. The lowest BCUT2D eigenvalue weighted by molar-refractivity contribution is -0.135. The number of nitrogens with zero attached hydrogens (tertiary/aromatic N) is 4. The van der Waals surface area contributed by atoms with Gasteiger partial charge in [0.1, 0.15) is 19.2 Å². The number of anilines is 1. The van der Waals surface area contributed by atoms with Crippen LogP contribution in [0.5, 0.6) is 0 Å². The van der Waals surface area contributed by atoms with E-state index >= 15 is 0 Å². The van der Waals surface area contributed by atoms with Crippen LogP contribution in [0.25, 0.3) is 0 Å². The van der Waals surface area contributed by atoms with Gasteiger partial charge in [-0.15, -0.1) is 0 Å². The van der Waals surface area contributed by atoms with Crippen molar-refractivity contribution in [1.82, 2.24) is 19.7 Å². The molecule has 0 spiro atoms. The molecule has 0 radical (unpaired) electrons. The number of hydrogen-bond donors (Lipinski definition) is 1. The van der Waals surface area contributed by atoms with E-state index in [0.29, 0.717) is 17.3 Å². The van der Waals surface area contributed by atoms with Crippen molar-refractivity contribution in [3.05, 3.63) is 41.9 Å². The quantitative estimate of drug-likeness (QED) is 0.836. The number of carbonyl (C=O) groups excluding carboxylic acids is 2. The molecule has 7 nitrogen and oxygen atoms in total. The average molecular weight is 336 g/mol. The molecule has 23 heavy (non-hydrogen) atoms. The van der Waals surface area contributed by atoms with Crippen LogP contribution in [-0.2, 0) is 16.1 Å². The first-order valence-corrected chi connectivity index (χ1v) is 7.62. The van der Waals surface area contributed by atoms with Crippen LogP contribution in [0.4, 0.5) is 5.69 Å². The average Bonchev–Trinajstić information content (AvgIpc) is 3.02. The minimum Gasteiger partial charge on any atom is -0.332 e. The number of amides is 2. The molecule has 0 unspecified atom stereocenters. The fraction of sp³-hybridized carbons (Fsp3) is 0.333. The molecule has 0 fully saturated rings. The molecule has 0 atom stereocenters. The highest BCUT2D eigenvalue weighted by Gasteiger charge is 2.17. The molecule has 0 aliphatic rings. The normalized spacial score (nSPS) is 10.3. The Labute approximate surface area is 139 Å². The van der Waals surface area contributed by atoms with Crippen molar-refractivity contribution >= 4 is 29.1 Å². The van der Waals surface area contributed by atoms with Gasteiger partial charge in [-0.1, -0.05) is 18.5 Å². The van der Waals surface area contributed by atoms with Crippen LogP contribution in [0.2, 0.25) is 5.02 Å². The zero-order valence-corrected chi connectivity index (χ0v) is 13.5. The van der Waals surface area contributed by atoms with Crippen LogP contribution >= 0.6 is 11.6 Å². The number of carbonyl (C=O) groups is 2. The molecular weight excluding hydrogens is 318 g/mol. The Bertz CT molecular complexity index is 642. The van der Waals surface area contributed by atoms with E-state index in [9.17, 15) is 9.59 Å². The molecule has 0 aliphatic carbocycles.